The number of hydrogen-bond acceptors (Lipinski definition) is 12. The summed E-state index contributed by atoms with van der Waals surface area (Å²) in [5, 5.41) is 15.4. The topological polar surface area (TPSA) is 130 Å². The van der Waals surface area contributed by atoms with E-state index in [1.807, 2.05) is 24.9 Å². The lowest BCUT2D eigenvalue weighted by atomic mass is 9.63. The summed E-state index contributed by atoms with van der Waals surface area (Å²) >= 11 is 1.54. The number of ether oxygens (including phenoxy) is 2. The van der Waals surface area contributed by atoms with Gasteiger partial charge in [0, 0.05) is 55.3 Å². The van der Waals surface area contributed by atoms with Crippen molar-refractivity contribution < 1.29 is 18.4 Å². The van der Waals surface area contributed by atoms with Crippen molar-refractivity contribution in [2.75, 3.05) is 64.1 Å². The quantitative estimate of drug-likeness (QED) is 0.419. The maximum atomic E-state index is 14.3. The zero-order valence-corrected chi connectivity index (χ0v) is 28.2. The number of rotatable bonds is 5. The molecule has 0 radical (unpaired) electrons. The van der Waals surface area contributed by atoms with Crippen molar-refractivity contribution in [3.05, 3.63) is 33.4 Å². The first-order valence-corrected chi connectivity index (χ1v) is 17.8. The van der Waals surface area contributed by atoms with Crippen LogP contribution in [0.4, 0.5) is 15.2 Å². The predicted octanol–water partition coefficient (Wildman–Crippen LogP) is 4.33. The molecule has 3 aromatic heterocycles. The molecule has 11 nitrogen and oxygen atoms in total. The normalized spacial score (nSPS) is 30.1. The van der Waals surface area contributed by atoms with E-state index in [4.69, 9.17) is 29.7 Å². The summed E-state index contributed by atoms with van der Waals surface area (Å²) in [6.07, 6.45) is 5.67. The molecule has 2 spiro atoms. The highest BCUT2D eigenvalue weighted by atomic mass is 32.1. The zero-order chi connectivity index (χ0) is 32.5. The fourth-order valence-electron chi connectivity index (χ4n) is 9.02. The minimum atomic E-state index is -0.864. The van der Waals surface area contributed by atoms with Crippen LogP contribution >= 0.6 is 11.3 Å². The van der Waals surface area contributed by atoms with Gasteiger partial charge in [-0.05, 0) is 77.9 Å². The van der Waals surface area contributed by atoms with Crippen molar-refractivity contribution in [3.8, 4) is 23.5 Å². The van der Waals surface area contributed by atoms with Crippen molar-refractivity contribution in [2.45, 2.75) is 87.6 Å². The number of hydrogen-bond donors (Lipinski definition) is 1. The van der Waals surface area contributed by atoms with Gasteiger partial charge in [0.2, 0.25) is 5.88 Å². The van der Waals surface area contributed by atoms with Gasteiger partial charge in [0.1, 0.15) is 29.2 Å². The highest BCUT2D eigenvalue weighted by molar-refractivity contribution is 7.16. The number of anilines is 2. The van der Waals surface area contributed by atoms with Gasteiger partial charge >= 0.3 is 0 Å². The second-order valence-corrected chi connectivity index (χ2v) is 15.4. The molecule has 3 aromatic rings. The molecule has 2 N–H and O–H groups in total. The summed E-state index contributed by atoms with van der Waals surface area (Å²) in [6, 6.07) is 4.27. The largest absolute Gasteiger partial charge is 0.473 e. The molecule has 0 amide bonds. The number of nitrogens with two attached hydrogens (primary N) is 1. The molecule has 2 aliphatic carbocycles. The lowest BCUT2D eigenvalue weighted by molar-refractivity contribution is 0.0774. The van der Waals surface area contributed by atoms with Crippen LogP contribution < -0.4 is 15.4 Å². The second-order valence-electron chi connectivity index (χ2n) is 14.3. The Hall–Kier alpha value is -3.31. The number of aromatic nitrogens is 3. The molecule has 3 fully saturated rings. The first-order chi connectivity index (χ1) is 22.7. The number of nitrogen functional groups attached to an aromatic ring is 1. The van der Waals surface area contributed by atoms with E-state index >= 15 is 0 Å². The maximum Gasteiger partial charge on any atom is 0.219 e. The summed E-state index contributed by atoms with van der Waals surface area (Å²) in [6.45, 7) is 6.30. The highest BCUT2D eigenvalue weighted by Gasteiger charge is 2.49. The molecule has 0 bridgehead atoms. The first-order valence-electron chi connectivity index (χ1n) is 17.0. The smallest absolute Gasteiger partial charge is 0.219 e. The van der Waals surface area contributed by atoms with Crippen molar-refractivity contribution in [1.29, 1.82) is 5.26 Å². The molecule has 8 rings (SSSR count). The molecule has 250 valence electrons. The van der Waals surface area contributed by atoms with E-state index < -0.39 is 11.6 Å². The molecule has 0 saturated carbocycles. The summed E-state index contributed by atoms with van der Waals surface area (Å²) in [5.41, 5.74) is 9.13. The summed E-state index contributed by atoms with van der Waals surface area (Å²) in [7, 11) is 4.12. The van der Waals surface area contributed by atoms with Gasteiger partial charge in [-0.3, -0.25) is 9.80 Å². The average molecular weight is 663 g/mol. The standard InChI is InChI=1S/C34H43FN8O3S/c1-20(24-14-21(35)17-41(24)2)45-27-15-26(43-12-11-42(3)33(18-43)10-13-44-19-33)38-32(39-27)29-22-6-4-8-34(30(22)46-40-29)9-5-7-25-28(34)23(16-36)31(37)47-25/h15,20-21,24H,4-14,17-19,37H2,1-3H3/t20-,21+,24-,33?,34-/m0/s1. The van der Waals surface area contributed by atoms with Crippen molar-refractivity contribution in [3.63, 3.8) is 0 Å². The molecule has 3 saturated heterocycles. The number of aryl methyl sites for hydroxylation is 1. The van der Waals surface area contributed by atoms with Gasteiger partial charge in [-0.1, -0.05) is 5.16 Å². The molecule has 6 heterocycles. The molecule has 5 aliphatic rings. The average Bonchev–Trinajstić information content (AvgIpc) is 3.84. The Morgan fingerprint density at radius 3 is 2.77 bits per heavy atom. The molecular formula is C34H43FN8O3S. The molecule has 1 unspecified atom stereocenters. The Morgan fingerprint density at radius 2 is 2.02 bits per heavy atom. The van der Waals surface area contributed by atoms with Gasteiger partial charge in [-0.15, -0.1) is 11.3 Å². The molecule has 0 aromatic carbocycles. The number of halogens is 1. The number of thiophene rings is 1. The number of likely N-dealkylation sites (tertiary alicyclic amines) is 1. The third-order valence-corrected chi connectivity index (χ3v) is 12.6. The van der Waals surface area contributed by atoms with E-state index in [0.29, 0.717) is 47.5 Å². The number of alkyl halides is 1. The van der Waals surface area contributed by atoms with Gasteiger partial charge in [0.15, 0.2) is 17.3 Å². The van der Waals surface area contributed by atoms with Crippen LogP contribution in [-0.2, 0) is 23.0 Å². The Balaban J connectivity index is 1.20. The third-order valence-electron chi connectivity index (χ3n) is 11.6. The van der Waals surface area contributed by atoms with Gasteiger partial charge in [0.25, 0.3) is 0 Å². The van der Waals surface area contributed by atoms with Crippen LogP contribution in [0.25, 0.3) is 11.5 Å². The van der Waals surface area contributed by atoms with E-state index in [1.165, 1.54) is 16.2 Å². The zero-order valence-electron chi connectivity index (χ0n) is 27.4. The molecule has 5 atom stereocenters. The second kappa shape index (κ2) is 11.7. The van der Waals surface area contributed by atoms with Gasteiger partial charge in [-0.2, -0.15) is 10.2 Å². The van der Waals surface area contributed by atoms with Crippen LogP contribution in [0.2, 0.25) is 0 Å². The predicted molar refractivity (Wildman–Crippen MR) is 177 cm³/mol. The maximum absolute atomic E-state index is 14.3. The van der Waals surface area contributed by atoms with Crippen LogP contribution in [0.5, 0.6) is 5.88 Å². The van der Waals surface area contributed by atoms with Crippen molar-refractivity contribution in [2.24, 2.45) is 0 Å². The van der Waals surface area contributed by atoms with E-state index in [1.54, 1.807) is 0 Å². The summed E-state index contributed by atoms with van der Waals surface area (Å²) in [4.78, 5) is 18.0. The molecular weight excluding hydrogens is 619 g/mol. The lowest BCUT2D eigenvalue weighted by Crippen LogP contribution is -2.61. The van der Waals surface area contributed by atoms with Crippen molar-refractivity contribution in [1.82, 2.24) is 24.9 Å². The van der Waals surface area contributed by atoms with E-state index in [-0.39, 0.29) is 17.7 Å². The van der Waals surface area contributed by atoms with Gasteiger partial charge in [0.05, 0.1) is 23.1 Å². The number of nitrogens with zero attached hydrogens (tertiary/aromatic N) is 7. The minimum absolute atomic E-state index is 0.0537. The Labute approximate surface area is 278 Å². The first kappa shape index (κ1) is 31.0. The summed E-state index contributed by atoms with van der Waals surface area (Å²) in [5.74, 6) is 2.51. The fourth-order valence-corrected chi connectivity index (χ4v) is 10.2. The Kier molecular flexibility index (Phi) is 7.70. The van der Waals surface area contributed by atoms with E-state index in [9.17, 15) is 9.65 Å². The monoisotopic (exact) mass is 662 g/mol. The van der Waals surface area contributed by atoms with Crippen molar-refractivity contribution >= 4 is 22.2 Å². The van der Waals surface area contributed by atoms with Gasteiger partial charge in [-0.25, -0.2) is 9.37 Å². The number of likely N-dealkylation sites (N-methyl/N-ethyl adjacent to an activating group) is 2. The van der Waals surface area contributed by atoms with E-state index in [0.717, 1.165) is 93.9 Å². The number of nitriles is 1. The molecule has 13 heteroatoms. The highest BCUT2D eigenvalue weighted by Crippen LogP contribution is 2.55. The van der Waals surface area contributed by atoms with Crippen LogP contribution in [0.15, 0.2) is 10.6 Å². The minimum Gasteiger partial charge on any atom is -0.473 e. The number of piperazine rings is 1. The van der Waals surface area contributed by atoms with Gasteiger partial charge < -0.3 is 24.6 Å². The SMILES string of the molecule is C[C@H](Oc1cc(N2CCN(C)C3(CCOC3)C2)nc(-c2noc3c2CCC[C@@]32CCCc3sc(N)c(C#N)c32)n1)[C@@H]1C[C@@H](F)CN1C. The molecule has 47 heavy (non-hydrogen) atoms. The van der Waals surface area contributed by atoms with Crippen LogP contribution in [0.3, 0.4) is 0 Å². The summed E-state index contributed by atoms with van der Waals surface area (Å²) < 4.78 is 33.0. The van der Waals surface area contributed by atoms with Crippen LogP contribution in [0, 0.1) is 11.3 Å². The number of fused-ring (bicyclic) bond motifs is 4. The van der Waals surface area contributed by atoms with Crippen LogP contribution in [-0.4, -0.2) is 102 Å². The Morgan fingerprint density at radius 1 is 1.19 bits per heavy atom. The van der Waals surface area contributed by atoms with E-state index in [2.05, 4.69) is 28.1 Å². The van der Waals surface area contributed by atoms with Crippen LogP contribution in [0.1, 0.15) is 72.8 Å². The lowest BCUT2D eigenvalue weighted by Gasteiger charge is -2.47. The Bertz CT molecular complexity index is 1710. The fraction of sp³-hybridized carbons (Fsp3) is 0.647. The third kappa shape index (κ3) is 5.02. The molecule has 3 aliphatic heterocycles.